The van der Waals surface area contributed by atoms with Gasteiger partial charge in [0.1, 0.15) is 6.33 Å². The summed E-state index contributed by atoms with van der Waals surface area (Å²) in [6.45, 7) is 0. The maximum atomic E-state index is 11.9. The van der Waals surface area contributed by atoms with Crippen LogP contribution in [0.1, 0.15) is 10.4 Å². The monoisotopic (exact) mass is 279 g/mol. The fraction of sp³-hybridized carbons (Fsp3) is 0.0833. The molecule has 0 aliphatic rings. The summed E-state index contributed by atoms with van der Waals surface area (Å²) < 4.78 is 5.87. The summed E-state index contributed by atoms with van der Waals surface area (Å²) in [5.74, 6) is -0.558. The van der Waals surface area contributed by atoms with Crippen LogP contribution in [-0.2, 0) is 4.74 Å². The summed E-state index contributed by atoms with van der Waals surface area (Å²) in [7, 11) is 1.26. The van der Waals surface area contributed by atoms with Crippen molar-refractivity contribution in [1.29, 1.82) is 0 Å². The maximum Gasteiger partial charge on any atom is 0.339 e. The molecule has 6 nitrogen and oxygen atoms in total. The Hall–Kier alpha value is -2.34. The number of imidazole rings is 1. The van der Waals surface area contributed by atoms with Crippen molar-refractivity contribution < 1.29 is 14.3 Å². The second kappa shape index (κ2) is 5.53. The van der Waals surface area contributed by atoms with E-state index >= 15 is 0 Å². The Balaban J connectivity index is 2.31. The normalized spacial score (nSPS) is 10.0. The van der Waals surface area contributed by atoms with Crippen molar-refractivity contribution >= 4 is 29.3 Å². The molecular formula is C12H10ClN3O3. The Morgan fingerprint density at radius 1 is 1.42 bits per heavy atom. The fourth-order valence-electron chi connectivity index (χ4n) is 1.47. The Morgan fingerprint density at radius 3 is 2.84 bits per heavy atom. The van der Waals surface area contributed by atoms with Gasteiger partial charge in [0.2, 0.25) is 0 Å². The highest BCUT2D eigenvalue weighted by molar-refractivity contribution is 6.31. The minimum Gasteiger partial charge on any atom is -0.465 e. The van der Waals surface area contributed by atoms with Gasteiger partial charge in [-0.1, -0.05) is 11.6 Å². The summed E-state index contributed by atoms with van der Waals surface area (Å²) in [6.07, 6.45) is 4.30. The molecule has 2 aromatic rings. The Bertz CT molecular complexity index is 611. The van der Waals surface area contributed by atoms with Gasteiger partial charge in [0.05, 0.1) is 18.4 Å². The molecule has 0 aliphatic heterocycles. The van der Waals surface area contributed by atoms with Crippen molar-refractivity contribution in [2.24, 2.45) is 0 Å². The summed E-state index contributed by atoms with van der Waals surface area (Å²) >= 11 is 5.85. The molecule has 98 valence electrons. The molecule has 1 aromatic heterocycles. The number of methoxy groups -OCH3 is 1. The second-order valence-electron chi connectivity index (χ2n) is 3.58. The third-order valence-corrected chi connectivity index (χ3v) is 2.60. The lowest BCUT2D eigenvalue weighted by Crippen LogP contribution is -2.19. The molecule has 0 unspecified atom stereocenters. The minimum atomic E-state index is -0.558. The molecule has 0 saturated heterocycles. The van der Waals surface area contributed by atoms with Crippen LogP contribution >= 0.6 is 11.6 Å². The Kier molecular flexibility index (Phi) is 3.82. The number of anilines is 1. The van der Waals surface area contributed by atoms with E-state index in [4.69, 9.17) is 11.6 Å². The number of nitrogens with zero attached hydrogens (tertiary/aromatic N) is 2. The van der Waals surface area contributed by atoms with Gasteiger partial charge in [-0.2, -0.15) is 0 Å². The van der Waals surface area contributed by atoms with E-state index in [2.05, 4.69) is 15.0 Å². The molecule has 0 radical (unpaired) electrons. The molecule has 1 heterocycles. The summed E-state index contributed by atoms with van der Waals surface area (Å²) in [5.41, 5.74) is 0.499. The maximum absolute atomic E-state index is 11.9. The highest BCUT2D eigenvalue weighted by atomic mass is 35.5. The SMILES string of the molecule is COC(=O)c1ccc(Cl)cc1NC(=O)n1ccnc1. The number of hydrogen-bond donors (Lipinski definition) is 1. The van der Waals surface area contributed by atoms with E-state index in [0.29, 0.717) is 5.02 Å². The van der Waals surface area contributed by atoms with Gasteiger partial charge in [-0.15, -0.1) is 0 Å². The average molecular weight is 280 g/mol. The van der Waals surface area contributed by atoms with Crippen LogP contribution in [0.3, 0.4) is 0 Å². The first-order chi connectivity index (χ1) is 9.11. The van der Waals surface area contributed by atoms with Crippen LogP contribution in [0, 0.1) is 0 Å². The fourth-order valence-corrected chi connectivity index (χ4v) is 1.64. The number of ether oxygens (including phenoxy) is 1. The molecular weight excluding hydrogens is 270 g/mol. The van der Waals surface area contributed by atoms with Gasteiger partial charge in [-0.05, 0) is 18.2 Å². The van der Waals surface area contributed by atoms with Crippen LogP contribution in [0.5, 0.6) is 0 Å². The number of carbonyl (C=O) groups is 2. The largest absolute Gasteiger partial charge is 0.465 e. The minimum absolute atomic E-state index is 0.223. The Labute approximate surface area is 114 Å². The zero-order chi connectivity index (χ0) is 13.8. The van der Waals surface area contributed by atoms with Gasteiger partial charge in [0, 0.05) is 17.4 Å². The third kappa shape index (κ3) is 2.92. The average Bonchev–Trinajstić information content (AvgIpc) is 2.92. The number of rotatable bonds is 2. The first-order valence-electron chi connectivity index (χ1n) is 5.29. The van der Waals surface area contributed by atoms with Crippen molar-refractivity contribution in [1.82, 2.24) is 9.55 Å². The molecule has 0 saturated carbocycles. The lowest BCUT2D eigenvalue weighted by Gasteiger charge is -2.10. The second-order valence-corrected chi connectivity index (χ2v) is 4.02. The van der Waals surface area contributed by atoms with Crippen molar-refractivity contribution in [3.05, 3.63) is 47.5 Å². The summed E-state index contributed by atoms with van der Waals surface area (Å²) in [5, 5.41) is 2.96. The molecule has 1 aromatic carbocycles. The predicted octanol–water partition coefficient (Wildman–Crippen LogP) is 2.40. The van der Waals surface area contributed by atoms with Crippen LogP contribution in [0.4, 0.5) is 10.5 Å². The first kappa shape index (κ1) is 13.1. The van der Waals surface area contributed by atoms with Crippen molar-refractivity contribution in [3.8, 4) is 0 Å². The number of esters is 1. The van der Waals surface area contributed by atoms with Crippen LogP contribution in [0.15, 0.2) is 36.9 Å². The number of hydrogen-bond acceptors (Lipinski definition) is 4. The van der Waals surface area contributed by atoms with Gasteiger partial charge < -0.3 is 10.1 Å². The molecule has 0 atom stereocenters. The molecule has 0 fully saturated rings. The standard InChI is InChI=1S/C12H10ClN3O3/c1-19-11(17)9-3-2-8(13)6-10(9)15-12(18)16-5-4-14-7-16/h2-7H,1H3,(H,15,18). The highest BCUT2D eigenvalue weighted by Crippen LogP contribution is 2.22. The zero-order valence-electron chi connectivity index (χ0n) is 9.96. The van der Waals surface area contributed by atoms with Crippen molar-refractivity contribution in [3.63, 3.8) is 0 Å². The molecule has 19 heavy (non-hydrogen) atoms. The molecule has 7 heteroatoms. The summed E-state index contributed by atoms with van der Waals surface area (Å²) in [6, 6.07) is 4.05. The van der Waals surface area contributed by atoms with E-state index in [-0.39, 0.29) is 11.3 Å². The lowest BCUT2D eigenvalue weighted by molar-refractivity contribution is 0.0602. The number of benzene rings is 1. The molecule has 0 spiro atoms. The zero-order valence-corrected chi connectivity index (χ0v) is 10.7. The molecule has 0 bridgehead atoms. The van der Waals surface area contributed by atoms with Crippen LogP contribution in [0.25, 0.3) is 0 Å². The Morgan fingerprint density at radius 2 is 2.21 bits per heavy atom. The van der Waals surface area contributed by atoms with E-state index in [9.17, 15) is 9.59 Å². The quantitative estimate of drug-likeness (QED) is 0.857. The van der Waals surface area contributed by atoms with E-state index in [1.807, 2.05) is 0 Å². The molecule has 2 rings (SSSR count). The van der Waals surface area contributed by atoms with Crippen LogP contribution in [0.2, 0.25) is 5.02 Å². The number of halogens is 1. The van der Waals surface area contributed by atoms with E-state index < -0.39 is 12.0 Å². The van der Waals surface area contributed by atoms with E-state index in [1.54, 1.807) is 6.07 Å². The molecule has 0 aliphatic carbocycles. The van der Waals surface area contributed by atoms with Crippen LogP contribution in [-0.4, -0.2) is 28.7 Å². The van der Waals surface area contributed by atoms with Gasteiger partial charge in [-0.3, -0.25) is 4.57 Å². The van der Waals surface area contributed by atoms with E-state index in [1.165, 1.54) is 42.5 Å². The number of amides is 1. The first-order valence-corrected chi connectivity index (χ1v) is 5.67. The number of carbonyl (C=O) groups excluding carboxylic acids is 2. The topological polar surface area (TPSA) is 73.2 Å². The van der Waals surface area contributed by atoms with Gasteiger partial charge in [0.15, 0.2) is 0 Å². The van der Waals surface area contributed by atoms with Gasteiger partial charge in [-0.25, -0.2) is 14.6 Å². The smallest absolute Gasteiger partial charge is 0.339 e. The highest BCUT2D eigenvalue weighted by Gasteiger charge is 2.15. The van der Waals surface area contributed by atoms with Crippen molar-refractivity contribution in [2.75, 3.05) is 12.4 Å². The van der Waals surface area contributed by atoms with Gasteiger partial charge >= 0.3 is 12.0 Å². The molecule has 1 amide bonds. The number of aromatic nitrogens is 2. The van der Waals surface area contributed by atoms with Crippen LogP contribution < -0.4 is 5.32 Å². The predicted molar refractivity (Wildman–Crippen MR) is 69.4 cm³/mol. The lowest BCUT2D eigenvalue weighted by atomic mass is 10.2. The molecule has 1 N–H and O–H groups in total. The summed E-state index contributed by atoms with van der Waals surface area (Å²) in [4.78, 5) is 27.2. The van der Waals surface area contributed by atoms with E-state index in [0.717, 1.165) is 0 Å². The number of nitrogens with one attached hydrogen (secondary N) is 1. The third-order valence-electron chi connectivity index (χ3n) is 2.37. The van der Waals surface area contributed by atoms with Gasteiger partial charge in [0.25, 0.3) is 0 Å². The van der Waals surface area contributed by atoms with Crippen molar-refractivity contribution in [2.45, 2.75) is 0 Å².